The summed E-state index contributed by atoms with van der Waals surface area (Å²) in [5.41, 5.74) is 6.74. The van der Waals surface area contributed by atoms with E-state index in [1.807, 2.05) is 0 Å². The fourth-order valence-electron chi connectivity index (χ4n) is 2.65. The Balaban J connectivity index is 1.97. The molecule has 1 saturated heterocycles. The van der Waals surface area contributed by atoms with E-state index >= 15 is 0 Å². The van der Waals surface area contributed by atoms with Crippen LogP contribution in [0.5, 0.6) is 0 Å². The van der Waals surface area contributed by atoms with Gasteiger partial charge in [-0.2, -0.15) is 0 Å². The van der Waals surface area contributed by atoms with Crippen LogP contribution in [0, 0.1) is 11.7 Å². The topological polar surface area (TPSA) is 32.5 Å². The standard InChI is InChI=1S/C14H22FN3/c1-17(2)10-11-5-7-18(8-6-11)14-4-3-12(16)9-13(14)15/h3-4,9,11H,5-8,10,16H2,1-2H3. The molecule has 2 N–H and O–H groups in total. The van der Waals surface area contributed by atoms with E-state index in [9.17, 15) is 4.39 Å². The predicted octanol–water partition coefficient (Wildman–Crippen LogP) is 2.19. The predicted molar refractivity (Wildman–Crippen MR) is 74.3 cm³/mol. The van der Waals surface area contributed by atoms with Crippen LogP contribution >= 0.6 is 0 Å². The Hall–Kier alpha value is -1.29. The molecule has 0 aromatic heterocycles. The quantitative estimate of drug-likeness (QED) is 0.836. The van der Waals surface area contributed by atoms with Gasteiger partial charge in [0.15, 0.2) is 0 Å². The number of nitrogens with two attached hydrogens (primary N) is 1. The van der Waals surface area contributed by atoms with E-state index in [-0.39, 0.29) is 5.82 Å². The van der Waals surface area contributed by atoms with Crippen molar-refractivity contribution in [3.05, 3.63) is 24.0 Å². The Morgan fingerprint density at radius 3 is 2.56 bits per heavy atom. The lowest BCUT2D eigenvalue weighted by molar-refractivity contribution is 0.284. The monoisotopic (exact) mass is 251 g/mol. The zero-order valence-corrected chi connectivity index (χ0v) is 11.2. The highest BCUT2D eigenvalue weighted by Crippen LogP contribution is 2.26. The summed E-state index contributed by atoms with van der Waals surface area (Å²) in [5.74, 6) is 0.522. The van der Waals surface area contributed by atoms with Crippen LogP contribution in [0.1, 0.15) is 12.8 Å². The van der Waals surface area contributed by atoms with Gasteiger partial charge in [-0.25, -0.2) is 4.39 Å². The fourth-order valence-corrected chi connectivity index (χ4v) is 2.65. The highest BCUT2D eigenvalue weighted by atomic mass is 19.1. The Labute approximate surface area is 108 Å². The Kier molecular flexibility index (Phi) is 4.07. The van der Waals surface area contributed by atoms with Crippen molar-refractivity contribution in [1.29, 1.82) is 0 Å². The summed E-state index contributed by atoms with van der Waals surface area (Å²) in [7, 11) is 4.21. The molecule has 0 atom stereocenters. The van der Waals surface area contributed by atoms with Crippen molar-refractivity contribution in [1.82, 2.24) is 4.90 Å². The van der Waals surface area contributed by atoms with Gasteiger partial charge in [0.1, 0.15) is 5.82 Å². The van der Waals surface area contributed by atoms with Gasteiger partial charge >= 0.3 is 0 Å². The molecule has 18 heavy (non-hydrogen) atoms. The molecule has 100 valence electrons. The number of hydrogen-bond acceptors (Lipinski definition) is 3. The van der Waals surface area contributed by atoms with Crippen LogP contribution < -0.4 is 10.6 Å². The summed E-state index contributed by atoms with van der Waals surface area (Å²) >= 11 is 0. The van der Waals surface area contributed by atoms with Gasteiger partial charge in [0, 0.05) is 25.3 Å². The van der Waals surface area contributed by atoms with E-state index < -0.39 is 0 Å². The Morgan fingerprint density at radius 1 is 1.33 bits per heavy atom. The normalized spacial score (nSPS) is 17.4. The van der Waals surface area contributed by atoms with Crippen molar-refractivity contribution >= 4 is 11.4 Å². The van der Waals surface area contributed by atoms with Gasteiger partial charge in [-0.3, -0.25) is 0 Å². The molecule has 0 aliphatic carbocycles. The summed E-state index contributed by atoms with van der Waals surface area (Å²) in [6, 6.07) is 4.96. The van der Waals surface area contributed by atoms with Crippen molar-refractivity contribution in [2.45, 2.75) is 12.8 Å². The van der Waals surface area contributed by atoms with Gasteiger partial charge in [0.05, 0.1) is 5.69 Å². The van der Waals surface area contributed by atoms with Crippen LogP contribution in [0.2, 0.25) is 0 Å². The third-order valence-corrected chi connectivity index (χ3v) is 3.55. The molecule has 2 rings (SSSR count). The van der Waals surface area contributed by atoms with Crippen molar-refractivity contribution in [3.8, 4) is 0 Å². The highest BCUT2D eigenvalue weighted by Gasteiger charge is 2.21. The molecule has 1 aromatic rings. The molecule has 0 amide bonds. The minimum absolute atomic E-state index is 0.207. The number of nitrogen functional groups attached to an aromatic ring is 1. The first-order valence-electron chi connectivity index (χ1n) is 6.51. The first-order valence-corrected chi connectivity index (χ1v) is 6.51. The second-order valence-corrected chi connectivity index (χ2v) is 5.40. The Morgan fingerprint density at radius 2 is 2.00 bits per heavy atom. The van der Waals surface area contributed by atoms with Crippen LogP contribution in [0.4, 0.5) is 15.8 Å². The zero-order chi connectivity index (χ0) is 13.1. The smallest absolute Gasteiger partial charge is 0.148 e. The zero-order valence-electron chi connectivity index (χ0n) is 11.2. The minimum atomic E-state index is -0.207. The molecule has 1 fully saturated rings. The molecule has 0 saturated carbocycles. The lowest BCUT2D eigenvalue weighted by Crippen LogP contribution is -2.37. The summed E-state index contributed by atoms with van der Waals surface area (Å²) in [5, 5.41) is 0. The molecule has 1 aliphatic heterocycles. The summed E-state index contributed by atoms with van der Waals surface area (Å²) < 4.78 is 13.8. The lowest BCUT2D eigenvalue weighted by Gasteiger charge is -2.34. The molecule has 1 heterocycles. The van der Waals surface area contributed by atoms with E-state index in [0.717, 1.165) is 38.4 Å². The van der Waals surface area contributed by atoms with Gasteiger partial charge in [0.2, 0.25) is 0 Å². The number of anilines is 2. The second kappa shape index (κ2) is 5.57. The number of benzene rings is 1. The number of rotatable bonds is 3. The molecular weight excluding hydrogens is 229 g/mol. The van der Waals surface area contributed by atoms with Crippen LogP contribution in [0.15, 0.2) is 18.2 Å². The summed E-state index contributed by atoms with van der Waals surface area (Å²) in [6.45, 7) is 2.98. The molecular formula is C14H22FN3. The van der Waals surface area contributed by atoms with Crippen molar-refractivity contribution in [2.24, 2.45) is 5.92 Å². The molecule has 4 heteroatoms. The van der Waals surface area contributed by atoms with Crippen LogP contribution in [-0.4, -0.2) is 38.6 Å². The van der Waals surface area contributed by atoms with Crippen LogP contribution in [-0.2, 0) is 0 Å². The first-order chi connectivity index (χ1) is 8.56. The Bertz CT molecular complexity index is 398. The molecule has 0 unspecified atom stereocenters. The van der Waals surface area contributed by atoms with Crippen molar-refractivity contribution in [3.63, 3.8) is 0 Å². The maximum absolute atomic E-state index is 13.8. The maximum Gasteiger partial charge on any atom is 0.148 e. The van der Waals surface area contributed by atoms with Crippen molar-refractivity contribution in [2.75, 3.05) is 44.4 Å². The SMILES string of the molecule is CN(C)CC1CCN(c2ccc(N)cc2F)CC1. The third kappa shape index (κ3) is 3.13. The van der Waals surface area contributed by atoms with E-state index in [0.29, 0.717) is 11.4 Å². The van der Waals surface area contributed by atoms with Gasteiger partial charge in [0.25, 0.3) is 0 Å². The van der Waals surface area contributed by atoms with Gasteiger partial charge < -0.3 is 15.5 Å². The summed E-state index contributed by atoms with van der Waals surface area (Å²) in [4.78, 5) is 4.35. The van der Waals surface area contributed by atoms with Crippen LogP contribution in [0.3, 0.4) is 0 Å². The van der Waals surface area contributed by atoms with E-state index in [1.165, 1.54) is 6.07 Å². The lowest BCUT2D eigenvalue weighted by atomic mass is 9.96. The third-order valence-electron chi connectivity index (χ3n) is 3.55. The minimum Gasteiger partial charge on any atom is -0.399 e. The summed E-state index contributed by atoms with van der Waals surface area (Å²) in [6.07, 6.45) is 2.25. The largest absolute Gasteiger partial charge is 0.399 e. The van der Waals surface area contributed by atoms with Crippen molar-refractivity contribution < 1.29 is 4.39 Å². The number of piperidine rings is 1. The average molecular weight is 251 g/mol. The van der Waals surface area contributed by atoms with E-state index in [4.69, 9.17) is 5.73 Å². The number of hydrogen-bond donors (Lipinski definition) is 1. The van der Waals surface area contributed by atoms with E-state index in [2.05, 4.69) is 23.9 Å². The molecule has 0 radical (unpaired) electrons. The maximum atomic E-state index is 13.8. The average Bonchev–Trinajstić information content (AvgIpc) is 2.30. The van der Waals surface area contributed by atoms with Gasteiger partial charge in [-0.1, -0.05) is 0 Å². The van der Waals surface area contributed by atoms with Gasteiger partial charge in [-0.05, 0) is 51.1 Å². The highest BCUT2D eigenvalue weighted by molar-refractivity contribution is 5.54. The number of nitrogens with zero attached hydrogens (tertiary/aromatic N) is 2. The second-order valence-electron chi connectivity index (χ2n) is 5.40. The fraction of sp³-hybridized carbons (Fsp3) is 0.571. The molecule has 3 nitrogen and oxygen atoms in total. The first kappa shape index (κ1) is 13.1. The number of halogens is 1. The molecule has 1 aromatic carbocycles. The molecule has 1 aliphatic rings. The van der Waals surface area contributed by atoms with Gasteiger partial charge in [-0.15, -0.1) is 0 Å². The molecule has 0 spiro atoms. The van der Waals surface area contributed by atoms with Crippen LogP contribution in [0.25, 0.3) is 0 Å². The van der Waals surface area contributed by atoms with E-state index in [1.54, 1.807) is 12.1 Å². The molecule has 0 bridgehead atoms.